The maximum Gasteiger partial charge on any atom is 0.264 e. The first-order valence-electron chi connectivity index (χ1n) is 9.74. The number of thioether (sulfide) groups is 1. The van der Waals surface area contributed by atoms with Crippen molar-refractivity contribution in [1.29, 1.82) is 0 Å². The summed E-state index contributed by atoms with van der Waals surface area (Å²) in [6, 6.07) is 15.1. The SMILES string of the molecule is CCC(C)c1ccc(NC(=O)CSc2nnc(N/N=C/c3ccc(Cl)cc3)n2N)cc1. The van der Waals surface area contributed by atoms with E-state index in [1.54, 1.807) is 18.3 Å². The van der Waals surface area contributed by atoms with Gasteiger partial charge >= 0.3 is 0 Å². The fourth-order valence-corrected chi connectivity index (χ4v) is 3.41. The molecule has 8 nitrogen and oxygen atoms in total. The molecule has 0 saturated heterocycles. The number of nitrogens with two attached hydrogens (primary N) is 1. The Hall–Kier alpha value is -3.04. The average Bonchev–Trinajstić information content (AvgIpc) is 3.13. The van der Waals surface area contributed by atoms with E-state index in [4.69, 9.17) is 17.4 Å². The van der Waals surface area contributed by atoms with Crippen molar-refractivity contribution in [2.75, 3.05) is 22.3 Å². The van der Waals surface area contributed by atoms with E-state index in [0.717, 1.165) is 17.7 Å². The van der Waals surface area contributed by atoms with Crippen LogP contribution in [0.2, 0.25) is 5.02 Å². The molecule has 1 amide bonds. The van der Waals surface area contributed by atoms with Crippen LogP contribution in [0.15, 0.2) is 58.8 Å². The highest BCUT2D eigenvalue weighted by Gasteiger charge is 2.12. The van der Waals surface area contributed by atoms with Gasteiger partial charge < -0.3 is 11.2 Å². The van der Waals surface area contributed by atoms with Gasteiger partial charge in [0.2, 0.25) is 11.1 Å². The fraction of sp³-hybridized carbons (Fsp3) is 0.238. The lowest BCUT2D eigenvalue weighted by Gasteiger charge is -2.10. The van der Waals surface area contributed by atoms with Crippen molar-refractivity contribution < 1.29 is 4.79 Å². The second-order valence-electron chi connectivity index (χ2n) is 6.87. The third-order valence-corrected chi connectivity index (χ3v) is 5.82. The third-order valence-electron chi connectivity index (χ3n) is 4.62. The molecule has 0 bridgehead atoms. The second kappa shape index (κ2) is 10.8. The van der Waals surface area contributed by atoms with Crippen molar-refractivity contribution in [3.63, 3.8) is 0 Å². The summed E-state index contributed by atoms with van der Waals surface area (Å²) in [5.74, 6) is 6.73. The van der Waals surface area contributed by atoms with Crippen LogP contribution in [0.1, 0.15) is 37.3 Å². The Labute approximate surface area is 190 Å². The van der Waals surface area contributed by atoms with Crippen molar-refractivity contribution in [1.82, 2.24) is 14.9 Å². The Bertz CT molecular complexity index is 1030. The van der Waals surface area contributed by atoms with E-state index in [-0.39, 0.29) is 17.6 Å². The van der Waals surface area contributed by atoms with Gasteiger partial charge in [-0.1, -0.05) is 61.5 Å². The minimum Gasteiger partial charge on any atom is -0.334 e. The van der Waals surface area contributed by atoms with E-state index < -0.39 is 0 Å². The van der Waals surface area contributed by atoms with Crippen molar-refractivity contribution in [2.45, 2.75) is 31.3 Å². The van der Waals surface area contributed by atoms with Crippen LogP contribution >= 0.6 is 23.4 Å². The number of hydrogen-bond donors (Lipinski definition) is 3. The molecule has 0 radical (unpaired) electrons. The highest BCUT2D eigenvalue weighted by atomic mass is 35.5. The molecule has 0 spiro atoms. The molecule has 0 aliphatic carbocycles. The molecule has 10 heteroatoms. The van der Waals surface area contributed by atoms with Gasteiger partial charge in [-0.2, -0.15) is 5.10 Å². The second-order valence-corrected chi connectivity index (χ2v) is 8.24. The molecule has 3 aromatic rings. The van der Waals surface area contributed by atoms with Gasteiger partial charge in [0.25, 0.3) is 5.95 Å². The summed E-state index contributed by atoms with van der Waals surface area (Å²) in [4.78, 5) is 12.3. The molecule has 1 aromatic heterocycles. The molecule has 162 valence electrons. The van der Waals surface area contributed by atoms with Crippen molar-refractivity contribution in [2.24, 2.45) is 5.10 Å². The minimum absolute atomic E-state index is 0.149. The number of aromatic nitrogens is 3. The first kappa shape index (κ1) is 22.6. The summed E-state index contributed by atoms with van der Waals surface area (Å²) in [5, 5.41) is 15.9. The molecule has 2 aromatic carbocycles. The van der Waals surface area contributed by atoms with Crippen LogP contribution in [-0.4, -0.2) is 32.7 Å². The first-order valence-corrected chi connectivity index (χ1v) is 11.1. The summed E-state index contributed by atoms with van der Waals surface area (Å²) >= 11 is 7.04. The normalized spacial score (nSPS) is 12.1. The predicted molar refractivity (Wildman–Crippen MR) is 127 cm³/mol. The predicted octanol–water partition coefficient (Wildman–Crippen LogP) is 4.34. The summed E-state index contributed by atoms with van der Waals surface area (Å²) in [7, 11) is 0. The molecule has 4 N–H and O–H groups in total. The molecule has 1 heterocycles. The number of carbonyl (C=O) groups is 1. The van der Waals surface area contributed by atoms with Crippen LogP contribution in [0.3, 0.4) is 0 Å². The van der Waals surface area contributed by atoms with Gasteiger partial charge in [0.05, 0.1) is 12.0 Å². The lowest BCUT2D eigenvalue weighted by atomic mass is 9.99. The van der Waals surface area contributed by atoms with Crippen molar-refractivity contribution in [3.05, 3.63) is 64.7 Å². The van der Waals surface area contributed by atoms with Crippen LogP contribution < -0.4 is 16.6 Å². The van der Waals surface area contributed by atoms with Gasteiger partial charge in [-0.05, 0) is 47.7 Å². The third kappa shape index (κ3) is 6.47. The van der Waals surface area contributed by atoms with Gasteiger partial charge in [-0.3, -0.25) is 4.79 Å². The number of nitrogen functional groups attached to an aromatic ring is 1. The van der Waals surface area contributed by atoms with Gasteiger partial charge in [0.1, 0.15) is 0 Å². The molecule has 0 saturated carbocycles. The number of halogens is 1. The number of benzene rings is 2. The molecule has 31 heavy (non-hydrogen) atoms. The number of amides is 1. The van der Waals surface area contributed by atoms with E-state index in [1.165, 1.54) is 22.0 Å². The van der Waals surface area contributed by atoms with Gasteiger partial charge in [-0.15, -0.1) is 10.2 Å². The zero-order chi connectivity index (χ0) is 22.2. The molecule has 0 aliphatic heterocycles. The quantitative estimate of drug-likeness (QED) is 0.191. The van der Waals surface area contributed by atoms with Crippen LogP contribution in [-0.2, 0) is 4.79 Å². The van der Waals surface area contributed by atoms with Crippen LogP contribution in [0.4, 0.5) is 11.6 Å². The summed E-state index contributed by atoms with van der Waals surface area (Å²) in [5.41, 5.74) is 5.60. The van der Waals surface area contributed by atoms with E-state index in [1.807, 2.05) is 36.4 Å². The summed E-state index contributed by atoms with van der Waals surface area (Å²) < 4.78 is 1.25. The lowest BCUT2D eigenvalue weighted by molar-refractivity contribution is -0.113. The topological polar surface area (TPSA) is 110 Å². The lowest BCUT2D eigenvalue weighted by Crippen LogP contribution is -2.16. The van der Waals surface area contributed by atoms with Crippen LogP contribution in [0, 0.1) is 0 Å². The maximum absolute atomic E-state index is 12.3. The van der Waals surface area contributed by atoms with E-state index in [2.05, 4.69) is 39.9 Å². The number of rotatable bonds is 9. The Morgan fingerprint density at radius 1 is 1.23 bits per heavy atom. The first-order chi connectivity index (χ1) is 15.0. The maximum atomic E-state index is 12.3. The van der Waals surface area contributed by atoms with Crippen molar-refractivity contribution in [3.8, 4) is 0 Å². The Balaban J connectivity index is 1.50. The summed E-state index contributed by atoms with van der Waals surface area (Å²) in [6.45, 7) is 4.33. The van der Waals surface area contributed by atoms with E-state index in [0.29, 0.717) is 16.1 Å². The number of anilines is 2. The Morgan fingerprint density at radius 3 is 2.61 bits per heavy atom. The zero-order valence-electron chi connectivity index (χ0n) is 17.2. The standard InChI is InChI=1S/C21H24ClN7OS/c1-3-14(2)16-6-10-18(11-7-16)25-19(30)13-31-21-28-27-20(29(21)23)26-24-12-15-4-8-17(22)9-5-15/h4-12,14H,3,13,23H2,1-2H3,(H,25,30)(H,26,27)/b24-12+. The van der Waals surface area contributed by atoms with E-state index in [9.17, 15) is 4.79 Å². The largest absolute Gasteiger partial charge is 0.334 e. The van der Waals surface area contributed by atoms with Gasteiger partial charge in [0.15, 0.2) is 0 Å². The van der Waals surface area contributed by atoms with Crippen LogP contribution in [0.5, 0.6) is 0 Å². The zero-order valence-corrected chi connectivity index (χ0v) is 18.8. The van der Waals surface area contributed by atoms with Crippen LogP contribution in [0.25, 0.3) is 0 Å². The molecule has 1 atom stereocenters. The summed E-state index contributed by atoms with van der Waals surface area (Å²) in [6.07, 6.45) is 2.68. The highest BCUT2D eigenvalue weighted by molar-refractivity contribution is 7.99. The number of hydrazone groups is 1. The molecule has 0 fully saturated rings. The highest BCUT2D eigenvalue weighted by Crippen LogP contribution is 2.21. The van der Waals surface area contributed by atoms with Gasteiger partial charge in [-0.25, -0.2) is 10.1 Å². The average molecular weight is 458 g/mol. The number of nitrogens with one attached hydrogen (secondary N) is 2. The number of carbonyl (C=O) groups excluding carboxylic acids is 1. The molecular weight excluding hydrogens is 434 g/mol. The van der Waals surface area contributed by atoms with E-state index >= 15 is 0 Å². The number of nitrogens with zero attached hydrogens (tertiary/aromatic N) is 4. The van der Waals surface area contributed by atoms with Crippen molar-refractivity contribution >= 4 is 47.1 Å². The monoisotopic (exact) mass is 457 g/mol. The fourth-order valence-electron chi connectivity index (χ4n) is 2.62. The smallest absolute Gasteiger partial charge is 0.264 e. The Kier molecular flexibility index (Phi) is 7.91. The minimum atomic E-state index is -0.153. The molecule has 1 unspecified atom stereocenters. The number of hydrogen-bond acceptors (Lipinski definition) is 7. The van der Waals surface area contributed by atoms with Gasteiger partial charge in [0, 0.05) is 10.7 Å². The molecule has 3 rings (SSSR count). The molecular formula is C21H24ClN7OS. The molecule has 0 aliphatic rings. The Morgan fingerprint density at radius 2 is 1.94 bits per heavy atom.